The molecule has 3 rings (SSSR count). The van der Waals surface area contributed by atoms with E-state index in [1.54, 1.807) is 6.20 Å². The lowest BCUT2D eigenvalue weighted by molar-refractivity contribution is 0.102. The molecule has 2 aromatic carbocycles. The zero-order valence-corrected chi connectivity index (χ0v) is 15.9. The average molecular weight is 360 g/mol. The number of hydrogen-bond acceptors (Lipinski definition) is 4. The Morgan fingerprint density at radius 2 is 1.81 bits per heavy atom. The zero-order chi connectivity index (χ0) is 19.2. The molecule has 0 saturated heterocycles. The van der Waals surface area contributed by atoms with Gasteiger partial charge in [0.05, 0.1) is 12.4 Å². The third-order valence-electron chi connectivity index (χ3n) is 4.43. The Morgan fingerprint density at radius 3 is 2.48 bits per heavy atom. The van der Waals surface area contributed by atoms with Crippen molar-refractivity contribution in [2.45, 2.75) is 27.3 Å². The highest BCUT2D eigenvalue weighted by molar-refractivity contribution is 6.03. The molecule has 1 N–H and O–H groups in total. The predicted octanol–water partition coefficient (Wildman–Crippen LogP) is 4.37. The van der Waals surface area contributed by atoms with E-state index in [2.05, 4.69) is 39.2 Å². The fourth-order valence-electron chi connectivity index (χ4n) is 2.82. The van der Waals surface area contributed by atoms with Crippen LogP contribution in [0.15, 0.2) is 60.9 Å². The van der Waals surface area contributed by atoms with E-state index >= 15 is 0 Å². The molecule has 0 radical (unpaired) electrons. The number of carbonyl (C=O) groups is 1. The van der Waals surface area contributed by atoms with Gasteiger partial charge in [0, 0.05) is 18.8 Å². The zero-order valence-electron chi connectivity index (χ0n) is 15.9. The van der Waals surface area contributed by atoms with Gasteiger partial charge in [-0.05, 0) is 43.5 Å². The number of hydrogen-bond donors (Lipinski definition) is 1. The van der Waals surface area contributed by atoms with Crippen molar-refractivity contribution >= 4 is 17.4 Å². The molecule has 0 saturated carbocycles. The summed E-state index contributed by atoms with van der Waals surface area (Å²) < 4.78 is 0. The quantitative estimate of drug-likeness (QED) is 0.709. The maximum Gasteiger partial charge on any atom is 0.275 e. The highest BCUT2D eigenvalue weighted by Gasteiger charge is 2.12. The van der Waals surface area contributed by atoms with Crippen molar-refractivity contribution in [2.75, 3.05) is 16.8 Å². The van der Waals surface area contributed by atoms with Crippen LogP contribution in [0.25, 0.3) is 0 Å². The Labute approximate surface area is 160 Å². The Hall–Kier alpha value is -3.21. The number of amides is 1. The van der Waals surface area contributed by atoms with E-state index in [9.17, 15) is 4.79 Å². The summed E-state index contributed by atoms with van der Waals surface area (Å²) in [7, 11) is 0. The second-order valence-electron chi connectivity index (χ2n) is 6.53. The molecule has 0 aliphatic heterocycles. The van der Waals surface area contributed by atoms with Crippen LogP contribution in [-0.2, 0) is 6.54 Å². The number of anilines is 2. The van der Waals surface area contributed by atoms with Crippen LogP contribution in [0.4, 0.5) is 11.5 Å². The number of nitrogens with zero attached hydrogens (tertiary/aromatic N) is 3. The fourth-order valence-corrected chi connectivity index (χ4v) is 2.82. The maximum absolute atomic E-state index is 12.5. The molecule has 1 amide bonds. The molecule has 5 nitrogen and oxygen atoms in total. The minimum Gasteiger partial charge on any atom is -0.351 e. The molecule has 3 aromatic rings. The number of nitrogens with one attached hydrogen (secondary N) is 1. The molecule has 0 aliphatic carbocycles. The molecule has 138 valence electrons. The summed E-state index contributed by atoms with van der Waals surface area (Å²) >= 11 is 0. The Kier molecular flexibility index (Phi) is 5.81. The van der Waals surface area contributed by atoms with Gasteiger partial charge >= 0.3 is 0 Å². The van der Waals surface area contributed by atoms with Crippen LogP contribution >= 0.6 is 0 Å². The fraction of sp³-hybridized carbons (Fsp3) is 0.227. The van der Waals surface area contributed by atoms with E-state index in [4.69, 9.17) is 0 Å². The van der Waals surface area contributed by atoms with Crippen molar-refractivity contribution < 1.29 is 4.79 Å². The first-order chi connectivity index (χ1) is 13.1. The SMILES string of the molecule is CCN(Cc1ccccc1)c1cnc(C(=O)Nc2cc(C)ccc2C)cn1. The topological polar surface area (TPSA) is 58.1 Å². The van der Waals surface area contributed by atoms with Crippen molar-refractivity contribution in [3.8, 4) is 0 Å². The lowest BCUT2D eigenvalue weighted by atomic mass is 10.1. The first kappa shape index (κ1) is 18.6. The molecule has 0 spiro atoms. The Morgan fingerprint density at radius 1 is 1.04 bits per heavy atom. The molecule has 0 atom stereocenters. The normalized spacial score (nSPS) is 10.5. The molecule has 0 fully saturated rings. The van der Waals surface area contributed by atoms with Crippen LogP contribution in [0.5, 0.6) is 0 Å². The Bertz CT molecular complexity index is 907. The molecule has 5 heteroatoms. The summed E-state index contributed by atoms with van der Waals surface area (Å²) in [6.45, 7) is 7.59. The van der Waals surface area contributed by atoms with Crippen LogP contribution in [0.1, 0.15) is 34.1 Å². The highest BCUT2D eigenvalue weighted by atomic mass is 16.1. The molecular weight excluding hydrogens is 336 g/mol. The summed E-state index contributed by atoms with van der Waals surface area (Å²) in [5.74, 6) is 0.499. The highest BCUT2D eigenvalue weighted by Crippen LogP contribution is 2.18. The van der Waals surface area contributed by atoms with Crippen LogP contribution in [0.3, 0.4) is 0 Å². The first-order valence-corrected chi connectivity index (χ1v) is 9.06. The number of rotatable bonds is 6. The summed E-state index contributed by atoms with van der Waals surface area (Å²) in [6.07, 6.45) is 3.19. The van der Waals surface area contributed by atoms with Gasteiger partial charge in [-0.1, -0.05) is 42.5 Å². The average Bonchev–Trinajstić information content (AvgIpc) is 2.70. The van der Waals surface area contributed by atoms with Gasteiger partial charge in [0.2, 0.25) is 0 Å². The van der Waals surface area contributed by atoms with Crippen LogP contribution in [0, 0.1) is 13.8 Å². The van der Waals surface area contributed by atoms with Gasteiger partial charge < -0.3 is 10.2 Å². The van der Waals surface area contributed by atoms with Crippen molar-refractivity contribution in [2.24, 2.45) is 0 Å². The number of aryl methyl sites for hydroxylation is 2. The second kappa shape index (κ2) is 8.45. The van der Waals surface area contributed by atoms with Crippen molar-refractivity contribution in [1.82, 2.24) is 9.97 Å². The van der Waals surface area contributed by atoms with E-state index in [1.165, 1.54) is 11.8 Å². The number of benzene rings is 2. The summed E-state index contributed by atoms with van der Waals surface area (Å²) in [5.41, 5.74) is 4.41. The number of carbonyl (C=O) groups excluding carboxylic acids is 1. The predicted molar refractivity (Wildman–Crippen MR) is 109 cm³/mol. The van der Waals surface area contributed by atoms with Gasteiger partial charge in [-0.3, -0.25) is 4.79 Å². The lowest BCUT2D eigenvalue weighted by Gasteiger charge is -2.21. The summed E-state index contributed by atoms with van der Waals surface area (Å²) in [5, 5.41) is 2.91. The smallest absolute Gasteiger partial charge is 0.275 e. The van der Waals surface area contributed by atoms with E-state index in [0.717, 1.165) is 35.7 Å². The van der Waals surface area contributed by atoms with Gasteiger partial charge in [0.25, 0.3) is 5.91 Å². The van der Waals surface area contributed by atoms with Gasteiger partial charge in [-0.15, -0.1) is 0 Å². The molecule has 0 bridgehead atoms. The van der Waals surface area contributed by atoms with Crippen LogP contribution < -0.4 is 10.2 Å². The van der Waals surface area contributed by atoms with Gasteiger partial charge in [-0.25, -0.2) is 9.97 Å². The third kappa shape index (κ3) is 4.70. The molecule has 0 unspecified atom stereocenters. The van der Waals surface area contributed by atoms with Gasteiger partial charge in [-0.2, -0.15) is 0 Å². The molecule has 1 aromatic heterocycles. The summed E-state index contributed by atoms with van der Waals surface area (Å²) in [4.78, 5) is 23.4. The Balaban J connectivity index is 1.72. The van der Waals surface area contributed by atoms with Crippen molar-refractivity contribution in [1.29, 1.82) is 0 Å². The van der Waals surface area contributed by atoms with Gasteiger partial charge in [0.1, 0.15) is 11.5 Å². The molecule has 27 heavy (non-hydrogen) atoms. The lowest BCUT2D eigenvalue weighted by Crippen LogP contribution is -2.24. The van der Waals surface area contributed by atoms with Crippen LogP contribution in [-0.4, -0.2) is 22.4 Å². The van der Waals surface area contributed by atoms with Crippen LogP contribution in [0.2, 0.25) is 0 Å². The second-order valence-corrected chi connectivity index (χ2v) is 6.53. The summed E-state index contributed by atoms with van der Waals surface area (Å²) in [6, 6.07) is 16.2. The monoisotopic (exact) mass is 360 g/mol. The van der Waals surface area contributed by atoms with E-state index in [0.29, 0.717) is 5.69 Å². The molecular formula is C22H24N4O. The van der Waals surface area contributed by atoms with Crippen molar-refractivity contribution in [3.05, 3.63) is 83.3 Å². The maximum atomic E-state index is 12.5. The van der Waals surface area contributed by atoms with E-state index in [1.807, 2.05) is 50.2 Å². The van der Waals surface area contributed by atoms with E-state index in [-0.39, 0.29) is 5.91 Å². The van der Waals surface area contributed by atoms with E-state index < -0.39 is 0 Å². The largest absolute Gasteiger partial charge is 0.351 e. The van der Waals surface area contributed by atoms with Crippen molar-refractivity contribution in [3.63, 3.8) is 0 Å². The first-order valence-electron chi connectivity index (χ1n) is 9.06. The minimum absolute atomic E-state index is 0.256. The third-order valence-corrected chi connectivity index (χ3v) is 4.43. The van der Waals surface area contributed by atoms with Gasteiger partial charge in [0.15, 0.2) is 0 Å². The molecule has 1 heterocycles. The standard InChI is InChI=1S/C22H24N4O/c1-4-26(15-18-8-6-5-7-9-18)21-14-23-20(13-24-21)22(27)25-19-12-16(2)10-11-17(19)3/h5-14H,4,15H2,1-3H3,(H,25,27). The number of aromatic nitrogens is 2. The minimum atomic E-state index is -0.256. The molecule has 0 aliphatic rings.